The van der Waals surface area contributed by atoms with Crippen LogP contribution in [0, 0.1) is 13.8 Å². The van der Waals surface area contributed by atoms with E-state index in [0.29, 0.717) is 12.0 Å². The molecule has 0 spiro atoms. The number of para-hydroxylation sites is 1. The van der Waals surface area contributed by atoms with Gasteiger partial charge >= 0.3 is 0 Å². The van der Waals surface area contributed by atoms with E-state index in [0.717, 1.165) is 63.6 Å². The monoisotopic (exact) mass is 457 g/mol. The quantitative estimate of drug-likeness (QED) is 0.354. The number of H-pyrrole nitrogens is 1. The molecule has 0 saturated heterocycles. The van der Waals surface area contributed by atoms with Crippen LogP contribution in [0.2, 0.25) is 0 Å². The molecule has 0 aliphatic carbocycles. The van der Waals surface area contributed by atoms with Crippen molar-refractivity contribution in [3.05, 3.63) is 70.5 Å². The molecule has 176 valence electrons. The third-order valence-corrected chi connectivity index (χ3v) is 6.27. The van der Waals surface area contributed by atoms with Gasteiger partial charge in [-0.05, 0) is 70.2 Å². The smallest absolute Gasteiger partial charge is 0.256 e. The highest BCUT2D eigenvalue weighted by Gasteiger charge is 2.26. The summed E-state index contributed by atoms with van der Waals surface area (Å²) in [4.78, 5) is 31.1. The molecular weight excluding hydrogens is 426 g/mol. The molecule has 2 heterocycles. The summed E-state index contributed by atoms with van der Waals surface area (Å²) in [7, 11) is 5.66. The van der Waals surface area contributed by atoms with Gasteiger partial charge in [0.05, 0.1) is 12.7 Å². The van der Waals surface area contributed by atoms with E-state index in [-0.39, 0.29) is 11.7 Å². The Balaban J connectivity index is 1.65. The maximum atomic E-state index is 12.9. The van der Waals surface area contributed by atoms with Gasteiger partial charge < -0.3 is 19.9 Å². The first-order chi connectivity index (χ1) is 16.3. The third-order valence-electron chi connectivity index (χ3n) is 6.27. The van der Waals surface area contributed by atoms with Crippen molar-refractivity contribution in [3.63, 3.8) is 0 Å². The summed E-state index contributed by atoms with van der Waals surface area (Å²) in [6.07, 6.45) is 3.17. The van der Waals surface area contributed by atoms with Crippen molar-refractivity contribution in [1.29, 1.82) is 0 Å². The zero-order chi connectivity index (χ0) is 24.4. The molecule has 34 heavy (non-hydrogen) atoms. The maximum absolute atomic E-state index is 12.9. The van der Waals surface area contributed by atoms with Gasteiger partial charge in [0.25, 0.3) is 5.91 Å². The minimum Gasteiger partial charge on any atom is -0.496 e. The Labute approximate surface area is 200 Å². The first kappa shape index (κ1) is 23.5. The van der Waals surface area contributed by atoms with Crippen LogP contribution in [0.5, 0.6) is 5.75 Å². The Kier molecular flexibility index (Phi) is 6.70. The molecule has 6 heteroatoms. The minimum absolute atomic E-state index is 0.135. The molecule has 1 amide bonds. The van der Waals surface area contributed by atoms with Gasteiger partial charge in [-0.3, -0.25) is 9.59 Å². The number of nitrogens with one attached hydrogen (secondary N) is 2. The molecule has 2 aromatic carbocycles. The molecule has 4 rings (SSSR count). The number of methoxy groups -OCH3 is 1. The van der Waals surface area contributed by atoms with Crippen LogP contribution in [0.15, 0.2) is 42.5 Å². The number of hydrogen-bond donors (Lipinski definition) is 2. The van der Waals surface area contributed by atoms with Gasteiger partial charge in [0.1, 0.15) is 5.75 Å². The first-order valence-electron chi connectivity index (χ1n) is 11.5. The fourth-order valence-corrected chi connectivity index (χ4v) is 4.55. The van der Waals surface area contributed by atoms with E-state index in [9.17, 15) is 9.59 Å². The molecule has 6 nitrogen and oxygen atoms in total. The predicted octanol–water partition coefficient (Wildman–Crippen LogP) is 5.32. The molecule has 2 N–H and O–H groups in total. The number of ether oxygens (including phenoxy) is 1. The molecule has 3 aromatic rings. The van der Waals surface area contributed by atoms with Crippen LogP contribution in [-0.4, -0.2) is 49.3 Å². The molecule has 1 aliphatic heterocycles. The van der Waals surface area contributed by atoms with Crippen molar-refractivity contribution in [2.75, 3.05) is 33.1 Å². The number of carbonyl (C=O) groups is 2. The number of nitrogens with zero attached hydrogens (tertiary/aromatic N) is 1. The zero-order valence-electron chi connectivity index (χ0n) is 20.4. The van der Waals surface area contributed by atoms with Crippen molar-refractivity contribution in [2.45, 2.75) is 26.7 Å². The average Bonchev–Trinajstić information content (AvgIpc) is 3.27. The number of ketones is 1. The molecule has 1 aliphatic rings. The number of aromatic nitrogens is 1. The van der Waals surface area contributed by atoms with Gasteiger partial charge in [-0.2, -0.15) is 0 Å². The number of anilines is 1. The molecule has 0 radical (unpaired) electrons. The summed E-state index contributed by atoms with van der Waals surface area (Å²) >= 11 is 0. The zero-order valence-corrected chi connectivity index (χ0v) is 20.4. The molecule has 1 aromatic heterocycles. The first-order valence-corrected chi connectivity index (χ1v) is 11.5. The van der Waals surface area contributed by atoms with E-state index in [1.54, 1.807) is 7.11 Å². The van der Waals surface area contributed by atoms with Gasteiger partial charge in [-0.25, -0.2) is 0 Å². The van der Waals surface area contributed by atoms with Crippen molar-refractivity contribution in [2.24, 2.45) is 0 Å². The summed E-state index contributed by atoms with van der Waals surface area (Å²) in [6, 6.07) is 13.7. The molecule has 0 bridgehead atoms. The van der Waals surface area contributed by atoms with Gasteiger partial charge in [0.2, 0.25) is 0 Å². The lowest BCUT2D eigenvalue weighted by Gasteiger charge is -2.09. The summed E-state index contributed by atoms with van der Waals surface area (Å²) in [5.41, 5.74) is 7.36. The average molecular weight is 458 g/mol. The SMILES string of the molecule is COc1ccccc1-c1ccc2c(c1)NC(=O)/C2=C\c1[nH]c(C)c(C(=O)CCCN(C)C)c1C. The van der Waals surface area contributed by atoms with Crippen LogP contribution in [0.1, 0.15) is 45.7 Å². The van der Waals surface area contributed by atoms with Gasteiger partial charge in [0, 0.05) is 40.2 Å². The van der Waals surface area contributed by atoms with Crippen LogP contribution in [0.25, 0.3) is 22.8 Å². The lowest BCUT2D eigenvalue weighted by molar-refractivity contribution is -0.110. The number of Topliss-reactive ketones (excluding diaryl/α,β-unsaturated/α-hetero) is 1. The number of fused-ring (bicyclic) bond motifs is 1. The summed E-state index contributed by atoms with van der Waals surface area (Å²) in [5, 5.41) is 2.98. The van der Waals surface area contributed by atoms with Crippen molar-refractivity contribution in [3.8, 4) is 16.9 Å². The lowest BCUT2D eigenvalue weighted by Crippen LogP contribution is -2.14. The Morgan fingerprint density at radius 3 is 2.59 bits per heavy atom. The summed E-state index contributed by atoms with van der Waals surface area (Å²) in [5.74, 6) is 0.760. The second kappa shape index (κ2) is 9.69. The van der Waals surface area contributed by atoms with Crippen LogP contribution in [0.3, 0.4) is 0 Å². The normalized spacial score (nSPS) is 13.9. The lowest BCUT2D eigenvalue weighted by atomic mass is 9.98. The second-order valence-electron chi connectivity index (χ2n) is 8.97. The number of benzene rings is 2. The molecule has 0 atom stereocenters. The number of hydrogen-bond acceptors (Lipinski definition) is 4. The highest BCUT2D eigenvalue weighted by Crippen LogP contribution is 2.39. The number of amides is 1. The van der Waals surface area contributed by atoms with Gasteiger partial charge in [-0.15, -0.1) is 0 Å². The van der Waals surface area contributed by atoms with Crippen molar-refractivity contribution >= 4 is 29.0 Å². The molecule has 0 saturated carbocycles. The van der Waals surface area contributed by atoms with E-state index in [4.69, 9.17) is 4.74 Å². The van der Waals surface area contributed by atoms with Crippen molar-refractivity contribution in [1.82, 2.24) is 9.88 Å². The fourth-order valence-electron chi connectivity index (χ4n) is 4.55. The number of rotatable bonds is 8. The highest BCUT2D eigenvalue weighted by molar-refractivity contribution is 6.35. The highest BCUT2D eigenvalue weighted by atomic mass is 16.5. The van der Waals surface area contributed by atoms with E-state index in [1.165, 1.54) is 0 Å². The van der Waals surface area contributed by atoms with Gasteiger partial charge in [-0.1, -0.05) is 30.3 Å². The van der Waals surface area contributed by atoms with Crippen LogP contribution in [0.4, 0.5) is 5.69 Å². The van der Waals surface area contributed by atoms with E-state index in [1.807, 2.05) is 76.5 Å². The van der Waals surface area contributed by atoms with Crippen molar-refractivity contribution < 1.29 is 14.3 Å². The number of aromatic amines is 1. The molecule has 0 fully saturated rings. The Morgan fingerprint density at radius 2 is 1.85 bits per heavy atom. The maximum Gasteiger partial charge on any atom is 0.256 e. The molecule has 0 unspecified atom stereocenters. The second-order valence-corrected chi connectivity index (χ2v) is 8.97. The van der Waals surface area contributed by atoms with Crippen LogP contribution >= 0.6 is 0 Å². The number of aryl methyl sites for hydroxylation is 1. The van der Waals surface area contributed by atoms with Gasteiger partial charge in [0.15, 0.2) is 5.78 Å². The Bertz CT molecular complexity index is 1280. The largest absolute Gasteiger partial charge is 0.496 e. The van der Waals surface area contributed by atoms with E-state index in [2.05, 4.69) is 15.2 Å². The number of carbonyl (C=O) groups excluding carboxylic acids is 2. The standard InChI is InChI=1S/C28H31N3O3/c1-17-23(29-18(2)27(17)25(32)10-8-14-31(3)4)16-22-21-13-12-19(15-24(21)30-28(22)33)20-9-6-7-11-26(20)34-5/h6-7,9,11-13,15-16,29H,8,10,14H2,1-5H3,(H,30,33)/b22-16-. The van der Waals surface area contributed by atoms with Crippen LogP contribution < -0.4 is 10.1 Å². The third kappa shape index (κ3) is 4.54. The Hall–Kier alpha value is -3.64. The van der Waals surface area contributed by atoms with E-state index >= 15 is 0 Å². The topological polar surface area (TPSA) is 74.4 Å². The summed E-state index contributed by atoms with van der Waals surface area (Å²) < 4.78 is 5.49. The Morgan fingerprint density at radius 1 is 1.09 bits per heavy atom. The predicted molar refractivity (Wildman–Crippen MR) is 137 cm³/mol. The molecular formula is C28H31N3O3. The van der Waals surface area contributed by atoms with Crippen LogP contribution in [-0.2, 0) is 4.79 Å². The fraction of sp³-hybridized carbons (Fsp3) is 0.286. The minimum atomic E-state index is -0.155. The van der Waals surface area contributed by atoms with E-state index < -0.39 is 0 Å². The summed E-state index contributed by atoms with van der Waals surface area (Å²) in [6.45, 7) is 4.73.